The SMILES string of the molecule is CCC/C=C\CCCCCCCC(=O)OC(COCCCCCCCC/C=C\C/C=C\CCCCC)COP(=O)(O)OCC(N)C(=O)O. The number of unbranched alkanes of at least 4 members (excludes halogenated alkanes) is 15. The van der Waals surface area contributed by atoms with Crippen LogP contribution in [0.2, 0.25) is 0 Å². The van der Waals surface area contributed by atoms with Crippen LogP contribution in [0, 0.1) is 0 Å². The van der Waals surface area contributed by atoms with E-state index >= 15 is 0 Å². The minimum atomic E-state index is -4.61. The van der Waals surface area contributed by atoms with Gasteiger partial charge in [-0.2, -0.15) is 0 Å². The first-order valence-corrected chi connectivity index (χ1v) is 20.0. The Morgan fingerprint density at radius 2 is 1.19 bits per heavy atom. The van der Waals surface area contributed by atoms with Gasteiger partial charge in [0.1, 0.15) is 12.1 Å². The zero-order valence-electron chi connectivity index (χ0n) is 30.1. The van der Waals surface area contributed by atoms with Crippen molar-refractivity contribution in [3.63, 3.8) is 0 Å². The Morgan fingerprint density at radius 3 is 1.79 bits per heavy atom. The Bertz CT molecular complexity index is 909. The number of hydrogen-bond acceptors (Lipinski definition) is 8. The Morgan fingerprint density at radius 1 is 0.667 bits per heavy atom. The van der Waals surface area contributed by atoms with Gasteiger partial charge < -0.3 is 25.2 Å². The van der Waals surface area contributed by atoms with E-state index in [1.807, 2.05) is 0 Å². The van der Waals surface area contributed by atoms with Crippen molar-refractivity contribution in [2.24, 2.45) is 5.73 Å². The molecule has 3 atom stereocenters. The Kier molecular flexibility index (Phi) is 32.4. The monoisotopic (exact) mass is 701 g/mol. The van der Waals surface area contributed by atoms with Crippen LogP contribution in [0.25, 0.3) is 0 Å². The van der Waals surface area contributed by atoms with E-state index in [0.717, 1.165) is 77.0 Å². The molecule has 0 aliphatic carbocycles. The molecule has 0 heterocycles. The normalized spacial score (nSPS) is 14.6. The van der Waals surface area contributed by atoms with Gasteiger partial charge in [-0.15, -0.1) is 0 Å². The summed E-state index contributed by atoms with van der Waals surface area (Å²) in [5, 5.41) is 8.85. The highest BCUT2D eigenvalue weighted by Crippen LogP contribution is 2.43. The second-order valence-corrected chi connectivity index (χ2v) is 13.8. The number of aliphatic carboxylic acids is 1. The molecular weight excluding hydrogens is 633 g/mol. The molecule has 0 saturated carbocycles. The summed E-state index contributed by atoms with van der Waals surface area (Å²) in [7, 11) is -4.61. The molecule has 3 unspecified atom stereocenters. The number of hydrogen-bond donors (Lipinski definition) is 3. The van der Waals surface area contributed by atoms with Crippen LogP contribution in [0.5, 0.6) is 0 Å². The van der Waals surface area contributed by atoms with E-state index in [0.29, 0.717) is 13.0 Å². The molecule has 11 heteroatoms. The summed E-state index contributed by atoms with van der Waals surface area (Å²) in [6.45, 7) is 3.73. The maximum atomic E-state index is 12.5. The summed E-state index contributed by atoms with van der Waals surface area (Å²) in [5.74, 6) is -1.80. The van der Waals surface area contributed by atoms with Crippen LogP contribution in [0.4, 0.5) is 0 Å². The van der Waals surface area contributed by atoms with Gasteiger partial charge in [0.15, 0.2) is 0 Å². The average molecular weight is 702 g/mol. The van der Waals surface area contributed by atoms with Crippen molar-refractivity contribution in [2.45, 2.75) is 161 Å². The number of carboxylic acid groups (broad SMARTS) is 1. The van der Waals surface area contributed by atoms with Crippen molar-refractivity contribution >= 4 is 19.8 Å². The zero-order chi connectivity index (χ0) is 35.6. The summed E-state index contributed by atoms with van der Waals surface area (Å²) >= 11 is 0. The van der Waals surface area contributed by atoms with Gasteiger partial charge >= 0.3 is 19.8 Å². The van der Waals surface area contributed by atoms with E-state index in [1.54, 1.807) is 0 Å². The van der Waals surface area contributed by atoms with Gasteiger partial charge in [-0.25, -0.2) is 4.57 Å². The van der Waals surface area contributed by atoms with Crippen molar-refractivity contribution in [3.8, 4) is 0 Å². The first kappa shape index (κ1) is 46.2. The highest BCUT2D eigenvalue weighted by molar-refractivity contribution is 7.47. The fourth-order valence-corrected chi connectivity index (χ4v) is 5.47. The molecule has 0 aromatic heterocycles. The summed E-state index contributed by atoms with van der Waals surface area (Å²) in [6, 6.07) is -1.47. The van der Waals surface area contributed by atoms with Gasteiger partial charge in [-0.1, -0.05) is 115 Å². The molecule has 4 N–H and O–H groups in total. The summed E-state index contributed by atoms with van der Waals surface area (Å²) < 4.78 is 33.1. The van der Waals surface area contributed by atoms with E-state index in [4.69, 9.17) is 24.8 Å². The predicted octanol–water partition coefficient (Wildman–Crippen LogP) is 9.36. The molecule has 0 aromatic carbocycles. The van der Waals surface area contributed by atoms with E-state index in [2.05, 4.69) is 54.8 Å². The van der Waals surface area contributed by atoms with Crippen molar-refractivity contribution in [2.75, 3.05) is 26.4 Å². The zero-order valence-corrected chi connectivity index (χ0v) is 31.0. The van der Waals surface area contributed by atoms with Crippen LogP contribution in [0.1, 0.15) is 149 Å². The number of nitrogens with two attached hydrogens (primary N) is 1. The van der Waals surface area contributed by atoms with E-state index < -0.39 is 45.1 Å². The molecule has 0 aliphatic rings. The number of phosphoric acid groups is 1. The van der Waals surface area contributed by atoms with Crippen molar-refractivity contribution in [1.29, 1.82) is 0 Å². The highest BCUT2D eigenvalue weighted by Gasteiger charge is 2.27. The van der Waals surface area contributed by atoms with Gasteiger partial charge in [-0.05, 0) is 64.2 Å². The first-order chi connectivity index (χ1) is 23.2. The molecule has 0 fully saturated rings. The standard InChI is InChI=1S/C37H68NO9P/c1-3-5-7-9-11-13-15-16-17-18-19-20-22-24-26-28-30-44-31-34(32-45-48(42,43)46-33-35(38)37(40)41)47-36(39)29-27-25-23-21-14-12-10-8-6-4-2/h8,10-11,13,16-17,34-35H,3-7,9,12,14-15,18-33,38H2,1-2H3,(H,40,41)(H,42,43)/b10-8-,13-11-,17-16-. The van der Waals surface area contributed by atoms with Gasteiger partial charge in [0.2, 0.25) is 0 Å². The van der Waals surface area contributed by atoms with Crippen molar-refractivity contribution in [1.82, 2.24) is 0 Å². The van der Waals surface area contributed by atoms with E-state index in [1.165, 1.54) is 44.9 Å². The third-order valence-electron chi connectivity index (χ3n) is 7.62. The summed E-state index contributed by atoms with van der Waals surface area (Å²) in [4.78, 5) is 33.3. The predicted molar refractivity (Wildman–Crippen MR) is 194 cm³/mol. The molecule has 0 rings (SSSR count). The van der Waals surface area contributed by atoms with Crippen LogP contribution in [-0.4, -0.2) is 60.5 Å². The maximum Gasteiger partial charge on any atom is 0.472 e. The molecule has 0 aliphatic heterocycles. The van der Waals surface area contributed by atoms with Gasteiger partial charge in [0.05, 0.1) is 19.8 Å². The minimum absolute atomic E-state index is 0.00614. The van der Waals surface area contributed by atoms with Crippen LogP contribution in [0.3, 0.4) is 0 Å². The van der Waals surface area contributed by atoms with Crippen LogP contribution < -0.4 is 5.73 Å². The number of allylic oxidation sites excluding steroid dienone is 6. The number of carbonyl (C=O) groups excluding carboxylic acids is 1. The van der Waals surface area contributed by atoms with Gasteiger partial charge in [-0.3, -0.25) is 18.6 Å². The number of carbonyl (C=O) groups is 2. The molecule has 0 spiro atoms. The Balaban J connectivity index is 4.32. The molecule has 48 heavy (non-hydrogen) atoms. The molecule has 0 radical (unpaired) electrons. The lowest BCUT2D eigenvalue weighted by Gasteiger charge is -2.20. The number of carboxylic acids is 1. The van der Waals surface area contributed by atoms with Crippen LogP contribution in [0.15, 0.2) is 36.5 Å². The molecule has 0 saturated heterocycles. The molecule has 10 nitrogen and oxygen atoms in total. The Hall–Kier alpha value is -1.81. The molecular formula is C37H68NO9P. The minimum Gasteiger partial charge on any atom is -0.480 e. The fourth-order valence-electron chi connectivity index (χ4n) is 4.69. The van der Waals surface area contributed by atoms with Crippen LogP contribution >= 0.6 is 7.82 Å². The Labute approximate surface area is 291 Å². The van der Waals surface area contributed by atoms with Crippen molar-refractivity contribution in [3.05, 3.63) is 36.5 Å². The first-order valence-electron chi connectivity index (χ1n) is 18.5. The van der Waals surface area contributed by atoms with Crippen LogP contribution in [-0.2, 0) is 32.7 Å². The lowest BCUT2D eigenvalue weighted by molar-refractivity contribution is -0.154. The summed E-state index contributed by atoms with van der Waals surface area (Å²) in [5.41, 5.74) is 5.33. The average Bonchev–Trinajstić information content (AvgIpc) is 3.06. The number of esters is 1. The number of ether oxygens (including phenoxy) is 2. The third-order valence-corrected chi connectivity index (χ3v) is 8.57. The number of rotatable bonds is 35. The quantitative estimate of drug-likeness (QED) is 0.0252. The van der Waals surface area contributed by atoms with Crippen molar-refractivity contribution < 1.29 is 42.7 Å². The molecule has 0 aromatic rings. The lowest BCUT2D eigenvalue weighted by Crippen LogP contribution is -2.34. The van der Waals surface area contributed by atoms with E-state index in [9.17, 15) is 19.0 Å². The topological polar surface area (TPSA) is 155 Å². The van der Waals surface area contributed by atoms with Gasteiger partial charge in [0, 0.05) is 13.0 Å². The summed E-state index contributed by atoms with van der Waals surface area (Å²) in [6.07, 6.45) is 34.9. The number of phosphoric ester groups is 1. The largest absolute Gasteiger partial charge is 0.480 e. The molecule has 280 valence electrons. The second-order valence-electron chi connectivity index (χ2n) is 12.3. The smallest absolute Gasteiger partial charge is 0.472 e. The highest BCUT2D eigenvalue weighted by atomic mass is 31.2. The second kappa shape index (κ2) is 33.7. The third kappa shape index (κ3) is 32.7. The molecule has 0 bridgehead atoms. The fraction of sp³-hybridized carbons (Fsp3) is 0.784. The van der Waals surface area contributed by atoms with E-state index in [-0.39, 0.29) is 13.0 Å². The van der Waals surface area contributed by atoms with Gasteiger partial charge in [0.25, 0.3) is 0 Å². The molecule has 0 amide bonds. The maximum absolute atomic E-state index is 12.5. The lowest BCUT2D eigenvalue weighted by atomic mass is 10.1.